The lowest BCUT2D eigenvalue weighted by molar-refractivity contribution is 0.219. The minimum atomic E-state index is 0.374. The normalized spacial score (nSPS) is 31.6. The van der Waals surface area contributed by atoms with Gasteiger partial charge in [0.1, 0.15) is 0 Å². The highest BCUT2D eigenvalue weighted by molar-refractivity contribution is 4.87. The van der Waals surface area contributed by atoms with Crippen molar-refractivity contribution in [2.75, 3.05) is 0 Å². The van der Waals surface area contributed by atoms with Crippen LogP contribution in [0.25, 0.3) is 0 Å². The Hall–Kier alpha value is -0.0800. The van der Waals surface area contributed by atoms with Gasteiger partial charge in [0, 0.05) is 24.2 Å². The van der Waals surface area contributed by atoms with Crippen molar-refractivity contribution in [3.05, 3.63) is 0 Å². The Balaban J connectivity index is 1.67. The molecule has 0 aromatic rings. The maximum Gasteiger partial charge on any atom is 0.00898 e. The van der Waals surface area contributed by atoms with Gasteiger partial charge in [-0.15, -0.1) is 0 Å². The van der Waals surface area contributed by atoms with Crippen molar-refractivity contribution < 1.29 is 0 Å². The topological polar surface area (TPSA) is 24.1 Å². The molecule has 0 spiro atoms. The van der Waals surface area contributed by atoms with Crippen LogP contribution in [0.3, 0.4) is 0 Å². The molecule has 0 amide bonds. The average molecular weight is 266 g/mol. The quantitative estimate of drug-likeness (QED) is 0.807. The molecule has 2 fully saturated rings. The van der Waals surface area contributed by atoms with Crippen molar-refractivity contribution in [1.82, 2.24) is 10.6 Å². The first-order valence-corrected chi connectivity index (χ1v) is 8.47. The smallest absolute Gasteiger partial charge is 0.00898 e. The molecule has 2 rings (SSSR count). The van der Waals surface area contributed by atoms with Gasteiger partial charge < -0.3 is 10.6 Å². The van der Waals surface area contributed by atoms with Crippen molar-refractivity contribution in [2.45, 2.75) is 103 Å². The molecule has 2 heteroatoms. The van der Waals surface area contributed by atoms with Gasteiger partial charge in [-0.1, -0.05) is 33.6 Å². The molecule has 0 saturated heterocycles. The second-order valence-corrected chi connectivity index (χ2v) is 7.95. The highest BCUT2D eigenvalue weighted by Gasteiger charge is 2.27. The van der Waals surface area contributed by atoms with E-state index in [1.165, 1.54) is 51.4 Å². The fourth-order valence-electron chi connectivity index (χ4n) is 3.46. The molecule has 2 saturated carbocycles. The third-order valence-electron chi connectivity index (χ3n) is 5.34. The van der Waals surface area contributed by atoms with Crippen molar-refractivity contribution in [1.29, 1.82) is 0 Å². The monoisotopic (exact) mass is 266 g/mol. The summed E-state index contributed by atoms with van der Waals surface area (Å²) >= 11 is 0. The van der Waals surface area contributed by atoms with Gasteiger partial charge in [-0.05, 0) is 50.9 Å². The SMILES string of the molecule is CC(NC1CCC(NC2CCCC2)CC1)C(C)(C)C. The van der Waals surface area contributed by atoms with E-state index in [-0.39, 0.29) is 0 Å². The minimum absolute atomic E-state index is 0.374. The van der Waals surface area contributed by atoms with Crippen LogP contribution in [0.5, 0.6) is 0 Å². The van der Waals surface area contributed by atoms with E-state index in [9.17, 15) is 0 Å². The lowest BCUT2D eigenvalue weighted by Gasteiger charge is -2.36. The summed E-state index contributed by atoms with van der Waals surface area (Å²) < 4.78 is 0. The lowest BCUT2D eigenvalue weighted by atomic mass is 9.85. The van der Waals surface area contributed by atoms with Crippen LogP contribution in [0, 0.1) is 5.41 Å². The summed E-state index contributed by atoms with van der Waals surface area (Å²) in [6.07, 6.45) is 11.2. The molecule has 2 N–H and O–H groups in total. The van der Waals surface area contributed by atoms with E-state index in [2.05, 4.69) is 38.3 Å². The Labute approximate surface area is 120 Å². The van der Waals surface area contributed by atoms with Crippen LogP contribution in [-0.2, 0) is 0 Å². The highest BCUT2D eigenvalue weighted by Crippen LogP contribution is 2.26. The van der Waals surface area contributed by atoms with Crippen molar-refractivity contribution in [3.63, 3.8) is 0 Å². The number of hydrogen-bond acceptors (Lipinski definition) is 2. The molecule has 0 bridgehead atoms. The Kier molecular flexibility index (Phi) is 5.30. The zero-order chi connectivity index (χ0) is 13.9. The first kappa shape index (κ1) is 15.3. The summed E-state index contributed by atoms with van der Waals surface area (Å²) in [4.78, 5) is 0. The van der Waals surface area contributed by atoms with E-state index in [0.29, 0.717) is 11.5 Å². The molecule has 0 aromatic heterocycles. The van der Waals surface area contributed by atoms with Gasteiger partial charge in [0.15, 0.2) is 0 Å². The maximum atomic E-state index is 3.89. The Bertz CT molecular complexity index is 255. The second-order valence-electron chi connectivity index (χ2n) is 7.95. The summed E-state index contributed by atoms with van der Waals surface area (Å²) in [5.41, 5.74) is 0.374. The number of hydrogen-bond donors (Lipinski definition) is 2. The van der Waals surface area contributed by atoms with E-state index in [1.807, 2.05) is 0 Å². The highest BCUT2D eigenvalue weighted by atomic mass is 15.0. The molecule has 1 unspecified atom stereocenters. The molecule has 0 aliphatic heterocycles. The Morgan fingerprint density at radius 3 is 1.79 bits per heavy atom. The fourth-order valence-corrected chi connectivity index (χ4v) is 3.46. The third kappa shape index (κ3) is 4.75. The molecule has 2 aliphatic carbocycles. The van der Waals surface area contributed by atoms with Crippen LogP contribution >= 0.6 is 0 Å². The predicted octanol–water partition coefficient (Wildman–Crippen LogP) is 3.85. The van der Waals surface area contributed by atoms with Crippen LogP contribution in [0.15, 0.2) is 0 Å². The molecular weight excluding hydrogens is 232 g/mol. The van der Waals surface area contributed by atoms with Gasteiger partial charge in [-0.2, -0.15) is 0 Å². The van der Waals surface area contributed by atoms with Gasteiger partial charge in [0.2, 0.25) is 0 Å². The van der Waals surface area contributed by atoms with Gasteiger partial charge in [0.25, 0.3) is 0 Å². The summed E-state index contributed by atoms with van der Waals surface area (Å²) in [6.45, 7) is 9.33. The van der Waals surface area contributed by atoms with Gasteiger partial charge in [0.05, 0.1) is 0 Å². The molecule has 0 aromatic carbocycles. The average Bonchev–Trinajstić information content (AvgIpc) is 2.83. The summed E-state index contributed by atoms with van der Waals surface area (Å²) in [6, 6.07) is 2.99. The summed E-state index contributed by atoms with van der Waals surface area (Å²) in [5.74, 6) is 0. The molecule has 0 radical (unpaired) electrons. The first-order chi connectivity index (χ1) is 8.95. The van der Waals surface area contributed by atoms with E-state index in [4.69, 9.17) is 0 Å². The number of nitrogens with one attached hydrogen (secondary N) is 2. The molecule has 2 aliphatic rings. The first-order valence-electron chi connectivity index (χ1n) is 8.47. The zero-order valence-electron chi connectivity index (χ0n) is 13.5. The van der Waals surface area contributed by atoms with Crippen molar-refractivity contribution >= 4 is 0 Å². The van der Waals surface area contributed by atoms with E-state index >= 15 is 0 Å². The van der Waals surface area contributed by atoms with E-state index in [0.717, 1.165) is 18.1 Å². The molecule has 0 heterocycles. The Morgan fingerprint density at radius 1 is 0.789 bits per heavy atom. The number of rotatable bonds is 4. The summed E-state index contributed by atoms with van der Waals surface area (Å²) in [7, 11) is 0. The van der Waals surface area contributed by atoms with Crippen LogP contribution in [-0.4, -0.2) is 24.2 Å². The van der Waals surface area contributed by atoms with Gasteiger partial charge in [-0.3, -0.25) is 0 Å². The van der Waals surface area contributed by atoms with Gasteiger partial charge >= 0.3 is 0 Å². The van der Waals surface area contributed by atoms with Crippen molar-refractivity contribution in [2.24, 2.45) is 5.41 Å². The van der Waals surface area contributed by atoms with Gasteiger partial charge in [-0.25, -0.2) is 0 Å². The molecule has 1 atom stereocenters. The molecular formula is C17H34N2. The van der Waals surface area contributed by atoms with E-state index < -0.39 is 0 Å². The second kappa shape index (κ2) is 6.58. The minimum Gasteiger partial charge on any atom is -0.311 e. The summed E-state index contributed by atoms with van der Waals surface area (Å²) in [5, 5.41) is 7.74. The lowest BCUT2D eigenvalue weighted by Crippen LogP contribution is -2.48. The van der Waals surface area contributed by atoms with Crippen LogP contribution in [0.4, 0.5) is 0 Å². The molecule has 112 valence electrons. The van der Waals surface area contributed by atoms with Crippen LogP contribution < -0.4 is 10.6 Å². The van der Waals surface area contributed by atoms with Crippen LogP contribution in [0.2, 0.25) is 0 Å². The molecule has 2 nitrogen and oxygen atoms in total. The third-order valence-corrected chi connectivity index (χ3v) is 5.34. The Morgan fingerprint density at radius 2 is 1.26 bits per heavy atom. The predicted molar refractivity (Wildman–Crippen MR) is 83.5 cm³/mol. The largest absolute Gasteiger partial charge is 0.311 e. The fraction of sp³-hybridized carbons (Fsp3) is 1.00. The molecule has 19 heavy (non-hydrogen) atoms. The van der Waals surface area contributed by atoms with Crippen LogP contribution in [0.1, 0.15) is 79.1 Å². The maximum absolute atomic E-state index is 3.89. The van der Waals surface area contributed by atoms with Crippen molar-refractivity contribution in [3.8, 4) is 0 Å². The zero-order valence-corrected chi connectivity index (χ0v) is 13.5. The van der Waals surface area contributed by atoms with E-state index in [1.54, 1.807) is 0 Å². The standard InChI is InChI=1S/C17H34N2/c1-13(17(2,3)4)18-15-9-11-16(12-10-15)19-14-7-5-6-8-14/h13-16,18-19H,5-12H2,1-4H3.